The minimum Gasteiger partial charge on any atom is -0.383 e. The highest BCUT2D eigenvalue weighted by Crippen LogP contribution is 2.27. The molecule has 1 unspecified atom stereocenters. The molecule has 0 aliphatic carbocycles. The summed E-state index contributed by atoms with van der Waals surface area (Å²) in [4.78, 5) is 24.0. The van der Waals surface area contributed by atoms with Crippen LogP contribution < -0.4 is 4.90 Å². The summed E-state index contributed by atoms with van der Waals surface area (Å²) in [7, 11) is 1.62. The van der Waals surface area contributed by atoms with Gasteiger partial charge in [0.25, 0.3) is 5.69 Å². The third kappa shape index (κ3) is 3.54. The standard InChI is InChI=1S/C14H20N2O4/c1-5-15(10(2)9-20-4)12-6-7-13(11(3)17)14(8-12)16(18)19/h6-8,10H,5,9H2,1-4H3. The van der Waals surface area contributed by atoms with Gasteiger partial charge in [0.05, 0.1) is 17.1 Å². The second-order valence-electron chi connectivity index (χ2n) is 4.61. The fourth-order valence-electron chi connectivity index (χ4n) is 2.23. The maximum absolute atomic E-state index is 11.4. The number of ketones is 1. The zero-order valence-corrected chi connectivity index (χ0v) is 12.3. The number of anilines is 1. The molecule has 1 aromatic carbocycles. The van der Waals surface area contributed by atoms with Crippen molar-refractivity contribution in [3.63, 3.8) is 0 Å². The average Bonchev–Trinajstić information content (AvgIpc) is 2.39. The Morgan fingerprint density at radius 1 is 1.50 bits per heavy atom. The maximum Gasteiger partial charge on any atom is 0.282 e. The van der Waals surface area contributed by atoms with E-state index in [-0.39, 0.29) is 23.1 Å². The smallest absolute Gasteiger partial charge is 0.282 e. The lowest BCUT2D eigenvalue weighted by Gasteiger charge is -2.29. The van der Waals surface area contributed by atoms with Gasteiger partial charge in [-0.3, -0.25) is 14.9 Å². The van der Waals surface area contributed by atoms with Gasteiger partial charge in [-0.05, 0) is 32.9 Å². The van der Waals surface area contributed by atoms with Crippen LogP contribution in [-0.4, -0.2) is 37.0 Å². The molecule has 0 amide bonds. The highest BCUT2D eigenvalue weighted by molar-refractivity contribution is 5.98. The van der Waals surface area contributed by atoms with Crippen LogP contribution in [-0.2, 0) is 4.74 Å². The lowest BCUT2D eigenvalue weighted by Crippen LogP contribution is -2.36. The van der Waals surface area contributed by atoms with Gasteiger partial charge in [0, 0.05) is 31.5 Å². The lowest BCUT2D eigenvalue weighted by molar-refractivity contribution is -0.385. The van der Waals surface area contributed by atoms with Crippen LogP contribution in [0.4, 0.5) is 11.4 Å². The summed E-state index contributed by atoms with van der Waals surface area (Å²) in [6, 6.07) is 4.79. The topological polar surface area (TPSA) is 72.7 Å². The molecule has 0 aliphatic rings. The lowest BCUT2D eigenvalue weighted by atomic mass is 10.1. The normalized spacial score (nSPS) is 12.0. The Hall–Kier alpha value is -1.95. The number of nitro groups is 1. The molecule has 1 aromatic rings. The summed E-state index contributed by atoms with van der Waals surface area (Å²) in [5, 5.41) is 11.1. The van der Waals surface area contributed by atoms with Gasteiger partial charge in [0.2, 0.25) is 0 Å². The van der Waals surface area contributed by atoms with E-state index < -0.39 is 4.92 Å². The molecule has 0 fully saturated rings. The number of benzene rings is 1. The number of carbonyl (C=O) groups excluding carboxylic acids is 1. The van der Waals surface area contributed by atoms with Crippen LogP contribution in [0.15, 0.2) is 18.2 Å². The van der Waals surface area contributed by atoms with Crippen LogP contribution in [0.3, 0.4) is 0 Å². The third-order valence-corrected chi connectivity index (χ3v) is 3.17. The van der Waals surface area contributed by atoms with Gasteiger partial charge in [-0.2, -0.15) is 0 Å². The monoisotopic (exact) mass is 280 g/mol. The van der Waals surface area contributed by atoms with Crippen molar-refractivity contribution in [2.45, 2.75) is 26.8 Å². The van der Waals surface area contributed by atoms with Crippen LogP contribution in [0.25, 0.3) is 0 Å². The molecule has 0 radical (unpaired) electrons. The van der Waals surface area contributed by atoms with Crippen molar-refractivity contribution in [3.05, 3.63) is 33.9 Å². The highest BCUT2D eigenvalue weighted by atomic mass is 16.6. The molecule has 1 rings (SSSR count). The number of carbonyl (C=O) groups is 1. The second-order valence-corrected chi connectivity index (χ2v) is 4.61. The first-order valence-corrected chi connectivity index (χ1v) is 6.47. The summed E-state index contributed by atoms with van der Waals surface area (Å²) in [5.41, 5.74) is 0.695. The van der Waals surface area contributed by atoms with E-state index in [0.29, 0.717) is 18.8 Å². The first-order chi connectivity index (χ1) is 9.42. The van der Waals surface area contributed by atoms with Crippen molar-refractivity contribution in [2.75, 3.05) is 25.2 Å². The highest BCUT2D eigenvalue weighted by Gasteiger charge is 2.21. The number of nitro benzene ring substituents is 1. The predicted octanol–water partition coefficient (Wildman–Crippen LogP) is 2.66. The largest absolute Gasteiger partial charge is 0.383 e. The van der Waals surface area contributed by atoms with Crippen LogP contribution in [0.1, 0.15) is 31.1 Å². The molecular formula is C14H20N2O4. The van der Waals surface area contributed by atoms with Crippen LogP contribution in [0.5, 0.6) is 0 Å². The quantitative estimate of drug-likeness (QED) is 0.436. The Balaban J connectivity index is 3.22. The molecule has 110 valence electrons. The molecule has 6 heteroatoms. The Kier molecular flexibility index (Phi) is 5.64. The van der Waals surface area contributed by atoms with E-state index in [4.69, 9.17) is 4.74 Å². The summed E-state index contributed by atoms with van der Waals surface area (Å²) in [6.45, 7) is 6.50. The summed E-state index contributed by atoms with van der Waals surface area (Å²) >= 11 is 0. The van der Waals surface area contributed by atoms with Crippen LogP contribution in [0, 0.1) is 10.1 Å². The van der Waals surface area contributed by atoms with Crippen molar-refractivity contribution in [1.82, 2.24) is 0 Å². The number of nitrogens with zero attached hydrogens (tertiary/aromatic N) is 2. The number of hydrogen-bond acceptors (Lipinski definition) is 5. The van der Waals surface area contributed by atoms with E-state index in [2.05, 4.69) is 0 Å². The van der Waals surface area contributed by atoms with Crippen molar-refractivity contribution in [1.29, 1.82) is 0 Å². The average molecular weight is 280 g/mol. The molecule has 0 N–H and O–H groups in total. The molecule has 1 atom stereocenters. The molecule has 0 aliphatic heterocycles. The third-order valence-electron chi connectivity index (χ3n) is 3.17. The van der Waals surface area contributed by atoms with E-state index >= 15 is 0 Å². The van der Waals surface area contributed by atoms with Gasteiger partial charge >= 0.3 is 0 Å². The molecule has 0 heterocycles. The van der Waals surface area contributed by atoms with Gasteiger partial charge in [0.15, 0.2) is 5.78 Å². The Labute approximate surface area is 118 Å². The van der Waals surface area contributed by atoms with Crippen LogP contribution in [0.2, 0.25) is 0 Å². The first kappa shape index (κ1) is 16.1. The van der Waals surface area contributed by atoms with Gasteiger partial charge < -0.3 is 9.64 Å². The van der Waals surface area contributed by atoms with E-state index in [1.807, 2.05) is 18.7 Å². The Morgan fingerprint density at radius 3 is 2.60 bits per heavy atom. The maximum atomic E-state index is 11.4. The predicted molar refractivity (Wildman–Crippen MR) is 77.5 cm³/mol. The molecule has 0 saturated carbocycles. The number of Topliss-reactive ketones (excluding diaryl/α,β-unsaturated/α-hetero) is 1. The van der Waals surface area contributed by atoms with Gasteiger partial charge in [-0.1, -0.05) is 0 Å². The molecule has 0 aromatic heterocycles. The molecular weight excluding hydrogens is 260 g/mol. The van der Waals surface area contributed by atoms with Gasteiger partial charge in [-0.25, -0.2) is 0 Å². The molecule has 6 nitrogen and oxygen atoms in total. The van der Waals surface area contributed by atoms with Gasteiger partial charge in [0.1, 0.15) is 0 Å². The number of likely N-dealkylation sites (N-methyl/N-ethyl adjacent to an activating group) is 1. The van der Waals surface area contributed by atoms with Crippen molar-refractivity contribution in [2.24, 2.45) is 0 Å². The minimum atomic E-state index is -0.519. The number of hydrogen-bond donors (Lipinski definition) is 0. The van der Waals surface area contributed by atoms with Crippen molar-refractivity contribution >= 4 is 17.2 Å². The molecule has 0 saturated heterocycles. The zero-order valence-electron chi connectivity index (χ0n) is 12.3. The SMILES string of the molecule is CCN(c1ccc(C(C)=O)c([N+](=O)[O-])c1)C(C)COC. The minimum absolute atomic E-state index is 0.0905. The van der Waals surface area contributed by atoms with E-state index in [1.54, 1.807) is 13.2 Å². The van der Waals surface area contributed by atoms with Gasteiger partial charge in [-0.15, -0.1) is 0 Å². The fraction of sp³-hybridized carbons (Fsp3) is 0.500. The summed E-state index contributed by atoms with van der Waals surface area (Å²) < 4.78 is 5.12. The first-order valence-electron chi connectivity index (χ1n) is 6.47. The number of rotatable bonds is 7. The fourth-order valence-corrected chi connectivity index (χ4v) is 2.23. The van der Waals surface area contributed by atoms with E-state index in [0.717, 1.165) is 0 Å². The number of ether oxygens (including phenoxy) is 1. The zero-order chi connectivity index (χ0) is 15.3. The van der Waals surface area contributed by atoms with Crippen LogP contribution >= 0.6 is 0 Å². The number of methoxy groups -OCH3 is 1. The molecule has 0 bridgehead atoms. The van der Waals surface area contributed by atoms with Crippen molar-refractivity contribution < 1.29 is 14.5 Å². The Morgan fingerprint density at radius 2 is 2.15 bits per heavy atom. The van der Waals surface area contributed by atoms with E-state index in [1.165, 1.54) is 19.1 Å². The molecule has 20 heavy (non-hydrogen) atoms. The Bertz CT molecular complexity index is 502. The molecule has 0 spiro atoms. The van der Waals surface area contributed by atoms with E-state index in [9.17, 15) is 14.9 Å². The van der Waals surface area contributed by atoms with Crippen molar-refractivity contribution in [3.8, 4) is 0 Å². The summed E-state index contributed by atoms with van der Waals surface area (Å²) in [5.74, 6) is -0.309. The summed E-state index contributed by atoms with van der Waals surface area (Å²) in [6.07, 6.45) is 0. The second kappa shape index (κ2) is 7.00.